The highest BCUT2D eigenvalue weighted by molar-refractivity contribution is 5.64. The van der Waals surface area contributed by atoms with Gasteiger partial charge >= 0.3 is 0 Å². The van der Waals surface area contributed by atoms with E-state index in [0.717, 1.165) is 53.9 Å². The van der Waals surface area contributed by atoms with E-state index in [4.69, 9.17) is 0 Å². The lowest BCUT2D eigenvalue weighted by Crippen LogP contribution is -2.53. The highest BCUT2D eigenvalue weighted by Crippen LogP contribution is 2.28. The zero-order chi connectivity index (χ0) is 22.9. The second-order valence-corrected chi connectivity index (χ2v) is 8.92. The highest BCUT2D eigenvalue weighted by atomic mass is 16.3. The molecule has 32 heavy (non-hydrogen) atoms. The average Bonchev–Trinajstić information content (AvgIpc) is 2.77. The van der Waals surface area contributed by atoms with Crippen molar-refractivity contribution in [1.82, 2.24) is 20.2 Å². The maximum Gasteiger partial charge on any atom is 0.156 e. The van der Waals surface area contributed by atoms with Crippen molar-refractivity contribution in [3.05, 3.63) is 59.5 Å². The molecule has 168 valence electrons. The number of hydrogen-bond acceptors (Lipinski definition) is 8. The minimum Gasteiger partial charge on any atom is -0.384 e. The fourth-order valence-corrected chi connectivity index (χ4v) is 3.95. The predicted molar refractivity (Wildman–Crippen MR) is 128 cm³/mol. The van der Waals surface area contributed by atoms with Crippen LogP contribution >= 0.6 is 0 Å². The molecule has 0 saturated carbocycles. The van der Waals surface area contributed by atoms with Gasteiger partial charge in [-0.3, -0.25) is 4.98 Å². The van der Waals surface area contributed by atoms with Crippen molar-refractivity contribution in [1.29, 1.82) is 0 Å². The molecule has 1 aliphatic heterocycles. The Hall–Kier alpha value is -3.26. The third-order valence-electron chi connectivity index (χ3n) is 6.02. The normalized spacial score (nSPS) is 16.9. The molecular weight excluding hydrogens is 402 g/mol. The number of hydrogen-bond donors (Lipinski definition) is 2. The molecule has 1 saturated heterocycles. The number of nitrogens with zero attached hydrogens (tertiary/aromatic N) is 6. The van der Waals surface area contributed by atoms with Crippen LogP contribution in [0.25, 0.3) is 0 Å². The lowest BCUT2D eigenvalue weighted by atomic mass is 10.1. The van der Waals surface area contributed by atoms with Gasteiger partial charge in [0.1, 0.15) is 11.4 Å². The molecule has 1 aromatic carbocycles. The van der Waals surface area contributed by atoms with Crippen LogP contribution in [0, 0.1) is 13.8 Å². The zero-order valence-corrected chi connectivity index (χ0v) is 19.4. The summed E-state index contributed by atoms with van der Waals surface area (Å²) < 4.78 is 0. The van der Waals surface area contributed by atoms with Crippen molar-refractivity contribution in [2.24, 2.45) is 0 Å². The minimum absolute atomic E-state index is 0.231. The molecule has 3 aromatic rings. The molecule has 0 unspecified atom stereocenters. The van der Waals surface area contributed by atoms with Crippen molar-refractivity contribution >= 4 is 23.1 Å². The molecule has 1 aliphatic rings. The predicted octanol–water partition coefficient (Wildman–Crippen LogP) is 3.57. The van der Waals surface area contributed by atoms with E-state index in [1.165, 1.54) is 0 Å². The van der Waals surface area contributed by atoms with E-state index >= 15 is 0 Å². The first-order chi connectivity index (χ1) is 15.2. The van der Waals surface area contributed by atoms with E-state index in [9.17, 15) is 5.11 Å². The molecule has 1 atom stereocenters. The number of nitrogens with one attached hydrogen (secondary N) is 1. The van der Waals surface area contributed by atoms with Crippen LogP contribution in [0.4, 0.5) is 23.1 Å². The van der Waals surface area contributed by atoms with Crippen LogP contribution in [0.5, 0.6) is 0 Å². The summed E-state index contributed by atoms with van der Waals surface area (Å²) >= 11 is 0. The van der Waals surface area contributed by atoms with Gasteiger partial charge in [0.25, 0.3) is 0 Å². The van der Waals surface area contributed by atoms with Crippen LogP contribution in [0.15, 0.2) is 42.7 Å². The van der Waals surface area contributed by atoms with Crippen molar-refractivity contribution < 1.29 is 5.11 Å². The lowest BCUT2D eigenvalue weighted by Gasteiger charge is -2.41. The maximum atomic E-state index is 10.1. The SMILES string of the molecule is Cc1c(Nc2ccccc2)nnc(N2CCN(c3cnc(C(C)(C)O)cn3)[C@H](C)C2)c1C. The Morgan fingerprint density at radius 3 is 2.38 bits per heavy atom. The molecule has 8 nitrogen and oxygen atoms in total. The van der Waals surface area contributed by atoms with Gasteiger partial charge in [-0.1, -0.05) is 18.2 Å². The smallest absolute Gasteiger partial charge is 0.156 e. The van der Waals surface area contributed by atoms with E-state index < -0.39 is 5.60 Å². The molecule has 0 radical (unpaired) electrons. The Bertz CT molecular complexity index is 1060. The van der Waals surface area contributed by atoms with E-state index in [-0.39, 0.29) is 6.04 Å². The van der Waals surface area contributed by atoms with Crippen LogP contribution in [-0.2, 0) is 5.60 Å². The topological polar surface area (TPSA) is 90.3 Å². The number of aliphatic hydroxyl groups is 1. The molecule has 0 spiro atoms. The quantitative estimate of drug-likeness (QED) is 0.631. The van der Waals surface area contributed by atoms with Crippen LogP contribution < -0.4 is 15.1 Å². The van der Waals surface area contributed by atoms with Gasteiger partial charge in [-0.2, -0.15) is 0 Å². The van der Waals surface area contributed by atoms with Gasteiger partial charge < -0.3 is 20.2 Å². The molecule has 1 fully saturated rings. The first kappa shape index (κ1) is 22.0. The van der Waals surface area contributed by atoms with Crippen molar-refractivity contribution in [3.63, 3.8) is 0 Å². The Balaban J connectivity index is 1.48. The number of anilines is 4. The van der Waals surface area contributed by atoms with Crippen LogP contribution in [0.2, 0.25) is 0 Å². The van der Waals surface area contributed by atoms with Gasteiger partial charge in [0, 0.05) is 42.5 Å². The van der Waals surface area contributed by atoms with E-state index in [1.807, 2.05) is 30.3 Å². The zero-order valence-electron chi connectivity index (χ0n) is 19.4. The van der Waals surface area contributed by atoms with Gasteiger partial charge in [0.15, 0.2) is 11.6 Å². The summed E-state index contributed by atoms with van der Waals surface area (Å²) in [6, 6.07) is 10.2. The summed E-state index contributed by atoms with van der Waals surface area (Å²) in [5.41, 5.74) is 2.80. The minimum atomic E-state index is -0.995. The fourth-order valence-electron chi connectivity index (χ4n) is 3.95. The Labute approximate surface area is 189 Å². The Kier molecular flexibility index (Phi) is 5.97. The third-order valence-corrected chi connectivity index (χ3v) is 6.02. The summed E-state index contributed by atoms with van der Waals surface area (Å²) in [7, 11) is 0. The molecule has 8 heteroatoms. The molecular formula is C24H31N7O. The number of benzene rings is 1. The lowest BCUT2D eigenvalue weighted by molar-refractivity contribution is 0.0734. The molecule has 0 amide bonds. The summed E-state index contributed by atoms with van der Waals surface area (Å²) in [6.07, 6.45) is 3.41. The number of aromatic nitrogens is 4. The summed E-state index contributed by atoms with van der Waals surface area (Å²) in [5.74, 6) is 2.54. The van der Waals surface area contributed by atoms with E-state index in [1.54, 1.807) is 26.2 Å². The monoisotopic (exact) mass is 433 g/mol. The van der Waals surface area contributed by atoms with Crippen molar-refractivity contribution in [2.45, 2.75) is 46.3 Å². The first-order valence-electron chi connectivity index (χ1n) is 11.0. The summed E-state index contributed by atoms with van der Waals surface area (Å²) in [5, 5.41) is 22.5. The molecule has 3 heterocycles. The van der Waals surface area contributed by atoms with Crippen molar-refractivity contribution in [2.75, 3.05) is 34.8 Å². The largest absolute Gasteiger partial charge is 0.384 e. The molecule has 4 rings (SSSR count). The van der Waals surface area contributed by atoms with Gasteiger partial charge in [-0.05, 0) is 46.8 Å². The van der Waals surface area contributed by atoms with Crippen LogP contribution in [0.3, 0.4) is 0 Å². The molecule has 0 bridgehead atoms. The van der Waals surface area contributed by atoms with Crippen molar-refractivity contribution in [3.8, 4) is 0 Å². The summed E-state index contributed by atoms with van der Waals surface area (Å²) in [6.45, 7) is 12.2. The molecule has 2 N–H and O–H groups in total. The number of rotatable bonds is 5. The Morgan fingerprint density at radius 1 is 1.00 bits per heavy atom. The average molecular weight is 434 g/mol. The summed E-state index contributed by atoms with van der Waals surface area (Å²) in [4.78, 5) is 13.5. The first-order valence-corrected chi connectivity index (χ1v) is 11.0. The van der Waals surface area contributed by atoms with Gasteiger partial charge in [0.2, 0.25) is 0 Å². The van der Waals surface area contributed by atoms with Gasteiger partial charge in [-0.25, -0.2) is 4.98 Å². The maximum absolute atomic E-state index is 10.1. The fraction of sp³-hybridized carbons (Fsp3) is 0.417. The molecule has 2 aromatic heterocycles. The second-order valence-electron chi connectivity index (χ2n) is 8.92. The molecule has 0 aliphatic carbocycles. The third kappa shape index (κ3) is 4.50. The standard InChI is InChI=1S/C24H31N7O/c1-16-15-30(11-12-31(16)21-14-25-20(13-26-21)24(4,5)32)23-18(3)17(2)22(28-29-23)27-19-9-7-6-8-10-19/h6-10,13-14,16,32H,11-12,15H2,1-5H3,(H,27,28)/t16-/m1/s1. The van der Waals surface area contributed by atoms with Crippen LogP contribution in [-0.4, -0.2) is 50.9 Å². The highest BCUT2D eigenvalue weighted by Gasteiger charge is 2.28. The van der Waals surface area contributed by atoms with E-state index in [2.05, 4.69) is 56.1 Å². The second kappa shape index (κ2) is 8.70. The van der Waals surface area contributed by atoms with Gasteiger partial charge in [-0.15, -0.1) is 10.2 Å². The van der Waals surface area contributed by atoms with Gasteiger partial charge in [0.05, 0.1) is 18.1 Å². The van der Waals surface area contributed by atoms with Crippen LogP contribution in [0.1, 0.15) is 37.6 Å². The Morgan fingerprint density at radius 2 is 1.75 bits per heavy atom. The van der Waals surface area contributed by atoms with E-state index in [0.29, 0.717) is 5.69 Å². The number of piperazine rings is 1. The number of para-hydroxylation sites is 1.